The average molecular weight is 244 g/mol. The molecule has 0 bridgehead atoms. The number of aryl methyl sites for hydroxylation is 1. The van der Waals surface area contributed by atoms with Gasteiger partial charge in [0, 0.05) is 16.2 Å². The smallest absolute Gasteiger partial charge is 0.0630 e. The molecule has 0 aromatic heterocycles. The standard InChI is InChI=1S/C10H14BrNO/c1-7-5-9(3-4-10(7)11)12-8(2)6-13/h3-5,8,12-13H,6H2,1-2H3. The molecule has 1 atom stereocenters. The number of benzene rings is 1. The van der Waals surface area contributed by atoms with Gasteiger partial charge >= 0.3 is 0 Å². The molecule has 72 valence electrons. The minimum absolute atomic E-state index is 0.0978. The third kappa shape index (κ3) is 3.01. The molecule has 0 aliphatic carbocycles. The van der Waals surface area contributed by atoms with Gasteiger partial charge in [-0.25, -0.2) is 0 Å². The number of aliphatic hydroxyl groups is 1. The Balaban J connectivity index is 2.73. The second-order valence-electron chi connectivity index (χ2n) is 3.19. The molecular weight excluding hydrogens is 230 g/mol. The zero-order chi connectivity index (χ0) is 9.84. The van der Waals surface area contributed by atoms with E-state index in [0.717, 1.165) is 10.2 Å². The lowest BCUT2D eigenvalue weighted by Crippen LogP contribution is -2.19. The maximum atomic E-state index is 8.85. The van der Waals surface area contributed by atoms with Gasteiger partial charge in [-0.05, 0) is 37.6 Å². The summed E-state index contributed by atoms with van der Waals surface area (Å²) in [6.45, 7) is 4.13. The van der Waals surface area contributed by atoms with Crippen LogP contribution < -0.4 is 5.32 Å². The van der Waals surface area contributed by atoms with E-state index >= 15 is 0 Å². The highest BCUT2D eigenvalue weighted by molar-refractivity contribution is 9.10. The number of nitrogens with one attached hydrogen (secondary N) is 1. The van der Waals surface area contributed by atoms with Crippen LogP contribution in [0.25, 0.3) is 0 Å². The zero-order valence-electron chi connectivity index (χ0n) is 7.84. The Morgan fingerprint density at radius 1 is 1.54 bits per heavy atom. The predicted molar refractivity (Wildman–Crippen MR) is 59.0 cm³/mol. The van der Waals surface area contributed by atoms with Crippen molar-refractivity contribution in [2.75, 3.05) is 11.9 Å². The highest BCUT2D eigenvalue weighted by Gasteiger charge is 2.00. The molecule has 1 aromatic rings. The zero-order valence-corrected chi connectivity index (χ0v) is 9.43. The summed E-state index contributed by atoms with van der Waals surface area (Å²) < 4.78 is 1.11. The maximum Gasteiger partial charge on any atom is 0.0630 e. The lowest BCUT2D eigenvalue weighted by Gasteiger charge is -2.13. The molecule has 13 heavy (non-hydrogen) atoms. The van der Waals surface area contributed by atoms with E-state index in [1.165, 1.54) is 5.56 Å². The van der Waals surface area contributed by atoms with Crippen molar-refractivity contribution in [3.8, 4) is 0 Å². The molecule has 3 heteroatoms. The first-order chi connectivity index (χ1) is 6.13. The molecule has 0 saturated carbocycles. The van der Waals surface area contributed by atoms with Crippen LogP contribution in [0, 0.1) is 6.92 Å². The van der Waals surface area contributed by atoms with E-state index in [4.69, 9.17) is 5.11 Å². The fraction of sp³-hybridized carbons (Fsp3) is 0.400. The van der Waals surface area contributed by atoms with E-state index in [9.17, 15) is 0 Å². The summed E-state index contributed by atoms with van der Waals surface area (Å²) >= 11 is 3.44. The Hall–Kier alpha value is -0.540. The Bertz CT molecular complexity index is 288. The van der Waals surface area contributed by atoms with Crippen molar-refractivity contribution in [3.05, 3.63) is 28.2 Å². The van der Waals surface area contributed by atoms with E-state index in [1.54, 1.807) is 0 Å². The number of anilines is 1. The highest BCUT2D eigenvalue weighted by Crippen LogP contribution is 2.20. The van der Waals surface area contributed by atoms with Gasteiger partial charge in [0.25, 0.3) is 0 Å². The molecule has 0 aliphatic rings. The minimum Gasteiger partial charge on any atom is -0.394 e. The summed E-state index contributed by atoms with van der Waals surface area (Å²) in [6, 6.07) is 6.14. The molecule has 2 N–H and O–H groups in total. The van der Waals surface area contributed by atoms with Gasteiger partial charge in [0.1, 0.15) is 0 Å². The topological polar surface area (TPSA) is 32.3 Å². The largest absolute Gasteiger partial charge is 0.394 e. The molecule has 0 saturated heterocycles. The van der Waals surface area contributed by atoms with E-state index in [2.05, 4.69) is 27.3 Å². The van der Waals surface area contributed by atoms with Crippen molar-refractivity contribution in [2.24, 2.45) is 0 Å². The second kappa shape index (κ2) is 4.63. The lowest BCUT2D eigenvalue weighted by atomic mass is 10.2. The molecule has 0 heterocycles. The molecule has 0 aliphatic heterocycles. The molecule has 2 nitrogen and oxygen atoms in total. The van der Waals surface area contributed by atoms with Crippen molar-refractivity contribution in [1.29, 1.82) is 0 Å². The summed E-state index contributed by atoms with van der Waals surface area (Å²) in [4.78, 5) is 0. The normalized spacial score (nSPS) is 12.6. The van der Waals surface area contributed by atoms with E-state index in [1.807, 2.05) is 26.0 Å². The lowest BCUT2D eigenvalue weighted by molar-refractivity contribution is 0.281. The first-order valence-corrected chi connectivity index (χ1v) is 5.06. The van der Waals surface area contributed by atoms with Gasteiger partial charge in [0.05, 0.1) is 6.61 Å². The Labute approximate surface area is 87.1 Å². The first kappa shape index (κ1) is 10.5. The second-order valence-corrected chi connectivity index (χ2v) is 4.05. The predicted octanol–water partition coefficient (Wildman–Crippen LogP) is 2.55. The van der Waals surface area contributed by atoms with Crippen molar-refractivity contribution in [3.63, 3.8) is 0 Å². The molecule has 1 unspecified atom stereocenters. The summed E-state index contributed by atoms with van der Waals surface area (Å²) in [6.07, 6.45) is 0. The molecule has 0 amide bonds. The van der Waals surface area contributed by atoms with Crippen molar-refractivity contribution < 1.29 is 5.11 Å². The molecular formula is C10H14BrNO. The van der Waals surface area contributed by atoms with Gasteiger partial charge in [-0.1, -0.05) is 15.9 Å². The number of aliphatic hydroxyl groups excluding tert-OH is 1. The molecule has 0 radical (unpaired) electrons. The van der Waals surface area contributed by atoms with Crippen LogP contribution >= 0.6 is 15.9 Å². The van der Waals surface area contributed by atoms with E-state index < -0.39 is 0 Å². The van der Waals surface area contributed by atoms with Crippen LogP contribution in [0.3, 0.4) is 0 Å². The quantitative estimate of drug-likeness (QED) is 0.856. The van der Waals surface area contributed by atoms with Crippen molar-refractivity contribution >= 4 is 21.6 Å². The van der Waals surface area contributed by atoms with Gasteiger partial charge in [-0.2, -0.15) is 0 Å². The van der Waals surface area contributed by atoms with Crippen LogP contribution in [0.1, 0.15) is 12.5 Å². The van der Waals surface area contributed by atoms with E-state index in [-0.39, 0.29) is 12.6 Å². The molecule has 1 aromatic carbocycles. The third-order valence-corrected chi connectivity index (χ3v) is 2.73. The van der Waals surface area contributed by atoms with Crippen LogP contribution in [0.5, 0.6) is 0 Å². The Morgan fingerprint density at radius 3 is 2.77 bits per heavy atom. The fourth-order valence-electron chi connectivity index (χ4n) is 1.06. The average Bonchev–Trinajstić information content (AvgIpc) is 2.11. The number of hydrogen-bond acceptors (Lipinski definition) is 2. The summed E-state index contributed by atoms with van der Waals surface area (Å²) in [5, 5.41) is 12.0. The van der Waals surface area contributed by atoms with Crippen LogP contribution in [0.4, 0.5) is 5.69 Å². The Kier molecular flexibility index (Phi) is 3.75. The number of hydrogen-bond donors (Lipinski definition) is 2. The monoisotopic (exact) mass is 243 g/mol. The molecule has 1 rings (SSSR count). The van der Waals surface area contributed by atoms with Crippen LogP contribution in [0.15, 0.2) is 22.7 Å². The van der Waals surface area contributed by atoms with Crippen LogP contribution in [-0.2, 0) is 0 Å². The summed E-state index contributed by atoms with van der Waals surface area (Å²) in [5.41, 5.74) is 2.23. The SMILES string of the molecule is Cc1cc(NC(C)CO)ccc1Br. The Morgan fingerprint density at radius 2 is 2.23 bits per heavy atom. The minimum atomic E-state index is 0.0978. The van der Waals surface area contributed by atoms with Gasteiger partial charge < -0.3 is 10.4 Å². The van der Waals surface area contributed by atoms with Crippen LogP contribution in [-0.4, -0.2) is 17.8 Å². The van der Waals surface area contributed by atoms with Gasteiger partial charge in [-0.3, -0.25) is 0 Å². The van der Waals surface area contributed by atoms with Crippen molar-refractivity contribution in [1.82, 2.24) is 0 Å². The summed E-state index contributed by atoms with van der Waals surface area (Å²) in [7, 11) is 0. The van der Waals surface area contributed by atoms with Gasteiger partial charge in [0.2, 0.25) is 0 Å². The van der Waals surface area contributed by atoms with Crippen molar-refractivity contribution in [2.45, 2.75) is 19.9 Å². The molecule has 0 spiro atoms. The van der Waals surface area contributed by atoms with Gasteiger partial charge in [-0.15, -0.1) is 0 Å². The first-order valence-electron chi connectivity index (χ1n) is 4.27. The third-order valence-electron chi connectivity index (χ3n) is 1.84. The van der Waals surface area contributed by atoms with E-state index in [0.29, 0.717) is 0 Å². The van der Waals surface area contributed by atoms with Gasteiger partial charge in [0.15, 0.2) is 0 Å². The molecule has 0 fully saturated rings. The maximum absolute atomic E-state index is 8.85. The number of halogens is 1. The fourth-order valence-corrected chi connectivity index (χ4v) is 1.31. The van der Waals surface area contributed by atoms with Crippen LogP contribution in [0.2, 0.25) is 0 Å². The summed E-state index contributed by atoms with van der Waals surface area (Å²) in [5.74, 6) is 0. The highest BCUT2D eigenvalue weighted by atomic mass is 79.9. The number of rotatable bonds is 3.